The molecule has 2 aliphatic rings. The van der Waals surface area contributed by atoms with Crippen molar-refractivity contribution in [2.24, 2.45) is 11.3 Å². The van der Waals surface area contributed by atoms with Gasteiger partial charge in [0.25, 0.3) is 0 Å². The minimum atomic E-state index is 0.641. The first-order valence-electron chi connectivity index (χ1n) is 7.17. The van der Waals surface area contributed by atoms with Gasteiger partial charge in [0, 0.05) is 13.1 Å². The number of likely N-dealkylation sites (tertiary alicyclic amines) is 1. The van der Waals surface area contributed by atoms with E-state index in [1.807, 2.05) is 0 Å². The molecule has 0 radical (unpaired) electrons. The number of benzene rings is 1. The van der Waals surface area contributed by atoms with Gasteiger partial charge in [-0.2, -0.15) is 12.6 Å². The van der Waals surface area contributed by atoms with Crippen LogP contribution in [0.15, 0.2) is 30.3 Å². The normalized spacial score (nSPS) is 32.4. The Morgan fingerprint density at radius 3 is 2.78 bits per heavy atom. The first kappa shape index (κ1) is 12.6. The molecule has 1 saturated heterocycles. The second-order valence-electron chi connectivity index (χ2n) is 6.24. The summed E-state index contributed by atoms with van der Waals surface area (Å²) < 4.78 is 0. The lowest BCUT2D eigenvalue weighted by molar-refractivity contribution is 0.251. The quantitative estimate of drug-likeness (QED) is 0.814. The standard InChI is InChI=1S/C16H23NS/c18-12-15-6-7-16(10-15)8-9-17(13-16)11-14-4-2-1-3-5-14/h1-5,15,18H,6-13H2/t15-,16-/m1/s1. The van der Waals surface area contributed by atoms with Crippen molar-refractivity contribution in [2.75, 3.05) is 18.8 Å². The van der Waals surface area contributed by atoms with Gasteiger partial charge in [-0.05, 0) is 54.9 Å². The van der Waals surface area contributed by atoms with Crippen molar-refractivity contribution in [1.82, 2.24) is 4.90 Å². The van der Waals surface area contributed by atoms with Crippen LogP contribution in [0.5, 0.6) is 0 Å². The fourth-order valence-electron chi connectivity index (χ4n) is 3.86. The molecule has 18 heavy (non-hydrogen) atoms. The molecule has 2 heteroatoms. The molecule has 1 spiro atoms. The zero-order valence-corrected chi connectivity index (χ0v) is 11.9. The van der Waals surface area contributed by atoms with E-state index in [-0.39, 0.29) is 0 Å². The maximum atomic E-state index is 4.48. The van der Waals surface area contributed by atoms with Gasteiger partial charge in [-0.15, -0.1) is 0 Å². The molecule has 0 aromatic heterocycles. The Kier molecular flexibility index (Phi) is 3.67. The average molecular weight is 261 g/mol. The van der Waals surface area contributed by atoms with Crippen LogP contribution in [0.4, 0.5) is 0 Å². The Morgan fingerprint density at radius 2 is 2.06 bits per heavy atom. The fourth-order valence-corrected chi connectivity index (χ4v) is 4.17. The van der Waals surface area contributed by atoms with E-state index in [1.54, 1.807) is 0 Å². The number of rotatable bonds is 3. The smallest absolute Gasteiger partial charge is 0.0233 e. The van der Waals surface area contributed by atoms with Gasteiger partial charge in [-0.25, -0.2) is 0 Å². The maximum Gasteiger partial charge on any atom is 0.0233 e. The molecule has 1 aromatic carbocycles. The zero-order chi connectivity index (χ0) is 12.4. The van der Waals surface area contributed by atoms with Crippen LogP contribution in [-0.2, 0) is 6.54 Å². The van der Waals surface area contributed by atoms with Crippen LogP contribution in [0.1, 0.15) is 31.2 Å². The van der Waals surface area contributed by atoms with Gasteiger partial charge in [-0.1, -0.05) is 30.3 Å². The number of nitrogens with zero attached hydrogens (tertiary/aromatic N) is 1. The van der Waals surface area contributed by atoms with Crippen molar-refractivity contribution in [2.45, 2.75) is 32.2 Å². The Labute approximate surface area is 116 Å². The molecular weight excluding hydrogens is 238 g/mol. The van der Waals surface area contributed by atoms with E-state index in [9.17, 15) is 0 Å². The van der Waals surface area contributed by atoms with Gasteiger partial charge in [0.05, 0.1) is 0 Å². The molecule has 0 bridgehead atoms. The zero-order valence-electron chi connectivity index (χ0n) is 11.0. The maximum absolute atomic E-state index is 4.48. The molecule has 1 nitrogen and oxygen atoms in total. The minimum Gasteiger partial charge on any atom is -0.299 e. The summed E-state index contributed by atoms with van der Waals surface area (Å²) in [5.74, 6) is 1.96. The van der Waals surface area contributed by atoms with Crippen molar-refractivity contribution in [1.29, 1.82) is 0 Å². The predicted molar refractivity (Wildman–Crippen MR) is 80.0 cm³/mol. The van der Waals surface area contributed by atoms with Gasteiger partial charge in [0.1, 0.15) is 0 Å². The van der Waals surface area contributed by atoms with Crippen LogP contribution >= 0.6 is 12.6 Å². The Balaban J connectivity index is 1.59. The molecule has 1 saturated carbocycles. The highest BCUT2D eigenvalue weighted by molar-refractivity contribution is 7.80. The second-order valence-corrected chi connectivity index (χ2v) is 6.60. The van der Waals surface area contributed by atoms with E-state index < -0.39 is 0 Å². The summed E-state index contributed by atoms with van der Waals surface area (Å²) >= 11 is 4.48. The van der Waals surface area contributed by atoms with Crippen molar-refractivity contribution in [3.05, 3.63) is 35.9 Å². The van der Waals surface area contributed by atoms with Crippen LogP contribution < -0.4 is 0 Å². The van der Waals surface area contributed by atoms with Gasteiger partial charge in [0.15, 0.2) is 0 Å². The summed E-state index contributed by atoms with van der Waals surface area (Å²) in [5, 5.41) is 0. The van der Waals surface area contributed by atoms with Crippen LogP contribution in [0.25, 0.3) is 0 Å². The van der Waals surface area contributed by atoms with Crippen molar-refractivity contribution in [3.63, 3.8) is 0 Å². The van der Waals surface area contributed by atoms with E-state index in [0.717, 1.165) is 18.2 Å². The molecule has 0 N–H and O–H groups in total. The fraction of sp³-hybridized carbons (Fsp3) is 0.625. The van der Waals surface area contributed by atoms with Crippen molar-refractivity contribution >= 4 is 12.6 Å². The van der Waals surface area contributed by atoms with Crippen LogP contribution in [-0.4, -0.2) is 23.7 Å². The molecule has 0 amide bonds. The average Bonchev–Trinajstić information content (AvgIpc) is 2.99. The number of thiol groups is 1. The van der Waals surface area contributed by atoms with Crippen LogP contribution in [0, 0.1) is 11.3 Å². The lowest BCUT2D eigenvalue weighted by atomic mass is 9.85. The summed E-state index contributed by atoms with van der Waals surface area (Å²) in [7, 11) is 0. The molecule has 98 valence electrons. The third-order valence-electron chi connectivity index (χ3n) is 4.83. The van der Waals surface area contributed by atoms with Gasteiger partial charge in [0.2, 0.25) is 0 Å². The van der Waals surface area contributed by atoms with E-state index in [2.05, 4.69) is 47.9 Å². The number of hydrogen-bond acceptors (Lipinski definition) is 2. The molecule has 1 aromatic rings. The molecule has 2 fully saturated rings. The van der Waals surface area contributed by atoms with Gasteiger partial charge < -0.3 is 0 Å². The third-order valence-corrected chi connectivity index (χ3v) is 5.35. The molecule has 0 unspecified atom stereocenters. The molecule has 1 aliphatic heterocycles. The van der Waals surface area contributed by atoms with E-state index in [0.29, 0.717) is 5.41 Å². The minimum absolute atomic E-state index is 0.641. The highest BCUT2D eigenvalue weighted by Gasteiger charge is 2.43. The largest absolute Gasteiger partial charge is 0.299 e. The van der Waals surface area contributed by atoms with Gasteiger partial charge in [-0.3, -0.25) is 4.90 Å². The van der Waals surface area contributed by atoms with Crippen molar-refractivity contribution < 1.29 is 0 Å². The number of hydrogen-bond donors (Lipinski definition) is 1. The monoisotopic (exact) mass is 261 g/mol. The topological polar surface area (TPSA) is 3.24 Å². The van der Waals surface area contributed by atoms with Gasteiger partial charge >= 0.3 is 0 Å². The molecule has 3 rings (SSSR count). The van der Waals surface area contributed by atoms with Crippen LogP contribution in [0.3, 0.4) is 0 Å². The molecule has 2 atom stereocenters. The molecular formula is C16H23NS. The summed E-state index contributed by atoms with van der Waals surface area (Å²) in [4.78, 5) is 2.65. The first-order chi connectivity index (χ1) is 8.80. The predicted octanol–water partition coefficient (Wildman–Crippen LogP) is 3.61. The van der Waals surface area contributed by atoms with Crippen molar-refractivity contribution in [3.8, 4) is 0 Å². The Morgan fingerprint density at radius 1 is 1.22 bits per heavy atom. The molecule has 1 aliphatic carbocycles. The van der Waals surface area contributed by atoms with E-state index in [1.165, 1.54) is 44.3 Å². The lowest BCUT2D eigenvalue weighted by Crippen LogP contribution is -2.25. The summed E-state index contributed by atoms with van der Waals surface area (Å²) in [6.45, 7) is 3.73. The van der Waals surface area contributed by atoms with Crippen LogP contribution in [0.2, 0.25) is 0 Å². The Bertz CT molecular complexity index is 391. The summed E-state index contributed by atoms with van der Waals surface area (Å²) in [6.07, 6.45) is 5.66. The lowest BCUT2D eigenvalue weighted by Gasteiger charge is -2.24. The third kappa shape index (κ3) is 2.60. The first-order valence-corrected chi connectivity index (χ1v) is 7.80. The van der Waals surface area contributed by atoms with E-state index in [4.69, 9.17) is 0 Å². The summed E-state index contributed by atoms with van der Waals surface area (Å²) in [5.41, 5.74) is 2.10. The highest BCUT2D eigenvalue weighted by Crippen LogP contribution is 2.48. The highest BCUT2D eigenvalue weighted by atomic mass is 32.1. The Hall–Kier alpha value is -0.470. The van der Waals surface area contributed by atoms with E-state index >= 15 is 0 Å². The SMILES string of the molecule is SC[C@@H]1CC[C@@]2(CCN(Cc3ccccc3)C2)C1. The molecule has 1 heterocycles. The second kappa shape index (κ2) is 5.26. The summed E-state index contributed by atoms with van der Waals surface area (Å²) in [6, 6.07) is 10.9.